The molecule has 0 saturated heterocycles. The third kappa shape index (κ3) is 3.04. The molecule has 20 heavy (non-hydrogen) atoms. The average Bonchev–Trinajstić information content (AvgIpc) is 2.78. The summed E-state index contributed by atoms with van der Waals surface area (Å²) < 4.78 is 7.35. The lowest BCUT2D eigenvalue weighted by atomic mass is 10.3. The summed E-state index contributed by atoms with van der Waals surface area (Å²) in [4.78, 5) is 6.83. The van der Waals surface area contributed by atoms with Gasteiger partial charge < -0.3 is 19.9 Å². The number of aromatic nitrogens is 2. The molecule has 0 spiro atoms. The number of likely N-dealkylation sites (N-methyl/N-ethyl adjacent to an activating group) is 1. The number of nitrogens with two attached hydrogens (primary N) is 1. The number of hydrogen-bond donors (Lipinski definition) is 1. The molecule has 110 valence electrons. The summed E-state index contributed by atoms with van der Waals surface area (Å²) >= 11 is 0. The molecule has 1 aromatic heterocycles. The summed E-state index contributed by atoms with van der Waals surface area (Å²) in [6, 6.07) is 5.86. The molecule has 1 heterocycles. The van der Waals surface area contributed by atoms with Gasteiger partial charge in [-0.15, -0.1) is 0 Å². The molecule has 0 unspecified atom stereocenters. The van der Waals surface area contributed by atoms with E-state index in [1.165, 1.54) is 6.42 Å². The molecule has 0 aliphatic carbocycles. The monoisotopic (exact) mass is 276 g/mol. The standard InChI is InChI=1S/C15H24N4O/c1-4-8-18(5-2)9-10-19-14-11-12(20-3)6-7-13(14)17-15(19)16/h6-7,11H,4-5,8-10H2,1-3H3,(H2,16,17). The number of hydrogen-bond acceptors (Lipinski definition) is 4. The maximum Gasteiger partial charge on any atom is 0.201 e. The number of nitrogens with zero attached hydrogens (tertiary/aromatic N) is 3. The second kappa shape index (κ2) is 6.61. The van der Waals surface area contributed by atoms with Crippen LogP contribution >= 0.6 is 0 Å². The van der Waals surface area contributed by atoms with Gasteiger partial charge in [0.1, 0.15) is 5.75 Å². The summed E-state index contributed by atoms with van der Waals surface area (Å²) in [5, 5.41) is 0. The topological polar surface area (TPSA) is 56.3 Å². The molecule has 2 N–H and O–H groups in total. The molecule has 0 bridgehead atoms. The van der Waals surface area contributed by atoms with Crippen molar-refractivity contribution >= 4 is 17.0 Å². The Balaban J connectivity index is 2.22. The second-order valence-electron chi connectivity index (χ2n) is 4.91. The largest absolute Gasteiger partial charge is 0.497 e. The van der Waals surface area contributed by atoms with E-state index in [0.29, 0.717) is 5.95 Å². The van der Waals surface area contributed by atoms with Crippen molar-refractivity contribution in [3.63, 3.8) is 0 Å². The van der Waals surface area contributed by atoms with E-state index in [0.717, 1.165) is 43.0 Å². The van der Waals surface area contributed by atoms with Crippen LogP contribution < -0.4 is 10.5 Å². The van der Waals surface area contributed by atoms with E-state index in [9.17, 15) is 0 Å². The summed E-state index contributed by atoms with van der Waals surface area (Å²) in [6.07, 6.45) is 1.17. The predicted molar refractivity (Wildman–Crippen MR) is 83.1 cm³/mol. The van der Waals surface area contributed by atoms with Gasteiger partial charge in [0.2, 0.25) is 5.95 Å². The summed E-state index contributed by atoms with van der Waals surface area (Å²) in [5.74, 6) is 1.40. The van der Waals surface area contributed by atoms with Crippen molar-refractivity contribution in [1.29, 1.82) is 0 Å². The van der Waals surface area contributed by atoms with Gasteiger partial charge in [0.25, 0.3) is 0 Å². The fourth-order valence-corrected chi connectivity index (χ4v) is 2.47. The van der Waals surface area contributed by atoms with Gasteiger partial charge >= 0.3 is 0 Å². The smallest absolute Gasteiger partial charge is 0.201 e. The zero-order valence-electron chi connectivity index (χ0n) is 12.6. The number of imidazole rings is 1. The summed E-state index contributed by atoms with van der Waals surface area (Å²) in [6.45, 7) is 8.40. The molecule has 5 nitrogen and oxygen atoms in total. The molecule has 5 heteroatoms. The highest BCUT2D eigenvalue weighted by atomic mass is 16.5. The van der Waals surface area contributed by atoms with Crippen LogP contribution in [0.15, 0.2) is 18.2 Å². The molecule has 2 aromatic rings. The van der Waals surface area contributed by atoms with Crippen molar-refractivity contribution in [2.24, 2.45) is 0 Å². The molecule has 1 aromatic carbocycles. The number of ether oxygens (including phenoxy) is 1. The van der Waals surface area contributed by atoms with Crippen LogP contribution in [0.4, 0.5) is 5.95 Å². The van der Waals surface area contributed by atoms with E-state index in [1.807, 2.05) is 18.2 Å². The molecule has 0 radical (unpaired) electrons. The number of methoxy groups -OCH3 is 1. The molecular formula is C15H24N4O. The first-order valence-corrected chi connectivity index (χ1v) is 7.21. The Bertz CT molecular complexity index is 564. The minimum Gasteiger partial charge on any atom is -0.497 e. The first kappa shape index (κ1) is 14.7. The quantitative estimate of drug-likeness (QED) is 0.843. The maximum atomic E-state index is 6.04. The minimum atomic E-state index is 0.570. The van der Waals surface area contributed by atoms with E-state index in [-0.39, 0.29) is 0 Å². The van der Waals surface area contributed by atoms with Crippen LogP contribution in [0.25, 0.3) is 11.0 Å². The minimum absolute atomic E-state index is 0.570. The van der Waals surface area contributed by atoms with Crippen LogP contribution in [-0.2, 0) is 6.54 Å². The molecule has 0 aliphatic rings. The van der Waals surface area contributed by atoms with Gasteiger partial charge in [-0.1, -0.05) is 13.8 Å². The second-order valence-corrected chi connectivity index (χ2v) is 4.91. The third-order valence-electron chi connectivity index (χ3n) is 3.61. The van der Waals surface area contributed by atoms with Crippen LogP contribution in [-0.4, -0.2) is 41.2 Å². The van der Waals surface area contributed by atoms with Crippen molar-refractivity contribution in [3.05, 3.63) is 18.2 Å². The molecule has 0 fully saturated rings. The highest BCUT2D eigenvalue weighted by molar-refractivity contribution is 5.79. The van der Waals surface area contributed by atoms with E-state index < -0.39 is 0 Å². The van der Waals surface area contributed by atoms with Crippen LogP contribution in [0.1, 0.15) is 20.3 Å². The van der Waals surface area contributed by atoms with Crippen LogP contribution in [0.3, 0.4) is 0 Å². The number of fused-ring (bicyclic) bond motifs is 1. The molecule has 0 atom stereocenters. The van der Waals surface area contributed by atoms with Crippen molar-refractivity contribution in [1.82, 2.24) is 14.5 Å². The Morgan fingerprint density at radius 1 is 1.30 bits per heavy atom. The predicted octanol–water partition coefficient (Wildman–Crippen LogP) is 2.36. The Morgan fingerprint density at radius 2 is 2.10 bits per heavy atom. The fraction of sp³-hybridized carbons (Fsp3) is 0.533. The highest BCUT2D eigenvalue weighted by Crippen LogP contribution is 2.22. The maximum absolute atomic E-state index is 6.04. The summed E-state index contributed by atoms with van der Waals surface area (Å²) in [7, 11) is 1.67. The normalized spacial score (nSPS) is 11.4. The van der Waals surface area contributed by atoms with Crippen molar-refractivity contribution in [2.75, 3.05) is 32.5 Å². The average molecular weight is 276 g/mol. The van der Waals surface area contributed by atoms with E-state index in [2.05, 4.69) is 28.3 Å². The number of nitrogen functional groups attached to an aromatic ring is 1. The van der Waals surface area contributed by atoms with Crippen molar-refractivity contribution < 1.29 is 4.74 Å². The lowest BCUT2D eigenvalue weighted by molar-refractivity contribution is 0.278. The molecule has 0 aliphatic heterocycles. The van der Waals surface area contributed by atoms with Crippen LogP contribution in [0.2, 0.25) is 0 Å². The van der Waals surface area contributed by atoms with E-state index in [4.69, 9.17) is 10.5 Å². The first-order valence-electron chi connectivity index (χ1n) is 7.21. The number of rotatable bonds is 7. The lowest BCUT2D eigenvalue weighted by Crippen LogP contribution is -2.28. The van der Waals surface area contributed by atoms with Gasteiger partial charge in [-0.05, 0) is 31.6 Å². The molecular weight excluding hydrogens is 252 g/mol. The summed E-state index contributed by atoms with van der Waals surface area (Å²) in [5.41, 5.74) is 7.99. The Hall–Kier alpha value is -1.75. The number of benzene rings is 1. The highest BCUT2D eigenvalue weighted by Gasteiger charge is 2.10. The van der Waals surface area contributed by atoms with Crippen molar-refractivity contribution in [2.45, 2.75) is 26.8 Å². The number of anilines is 1. The Labute approximate surface area is 120 Å². The molecule has 0 amide bonds. The molecule has 0 saturated carbocycles. The van der Waals surface area contributed by atoms with Crippen LogP contribution in [0, 0.1) is 0 Å². The zero-order valence-corrected chi connectivity index (χ0v) is 12.6. The fourth-order valence-electron chi connectivity index (χ4n) is 2.47. The Kier molecular flexibility index (Phi) is 4.84. The van der Waals surface area contributed by atoms with Gasteiger partial charge in [-0.2, -0.15) is 0 Å². The van der Waals surface area contributed by atoms with Crippen molar-refractivity contribution in [3.8, 4) is 5.75 Å². The van der Waals surface area contributed by atoms with Gasteiger partial charge in [0.15, 0.2) is 0 Å². The zero-order chi connectivity index (χ0) is 14.5. The molecule has 2 rings (SSSR count). The van der Waals surface area contributed by atoms with Crippen LogP contribution in [0.5, 0.6) is 5.75 Å². The van der Waals surface area contributed by atoms with Gasteiger partial charge in [-0.25, -0.2) is 4.98 Å². The SMILES string of the molecule is CCCN(CC)CCn1c(N)nc2ccc(OC)cc21. The first-order chi connectivity index (χ1) is 9.69. The van der Waals surface area contributed by atoms with Gasteiger partial charge in [0, 0.05) is 19.2 Å². The Morgan fingerprint density at radius 3 is 2.75 bits per heavy atom. The van der Waals surface area contributed by atoms with E-state index in [1.54, 1.807) is 7.11 Å². The lowest BCUT2D eigenvalue weighted by Gasteiger charge is -2.20. The third-order valence-corrected chi connectivity index (χ3v) is 3.61. The van der Waals surface area contributed by atoms with Gasteiger partial charge in [0.05, 0.1) is 18.1 Å². The van der Waals surface area contributed by atoms with Gasteiger partial charge in [-0.3, -0.25) is 0 Å². The van der Waals surface area contributed by atoms with E-state index >= 15 is 0 Å².